The molecule has 0 bridgehead atoms. The highest BCUT2D eigenvalue weighted by atomic mass is 19.4. The number of halogens is 3. The van der Waals surface area contributed by atoms with Gasteiger partial charge in [0.1, 0.15) is 6.26 Å². The van der Waals surface area contributed by atoms with E-state index >= 15 is 0 Å². The van der Waals surface area contributed by atoms with Gasteiger partial charge >= 0.3 is 12.2 Å². The minimum Gasteiger partial charge on any atom is -0.430 e. The van der Waals surface area contributed by atoms with Gasteiger partial charge in [0.2, 0.25) is 0 Å². The molecule has 0 unspecified atom stereocenters. The van der Waals surface area contributed by atoms with Crippen LogP contribution in [0.1, 0.15) is 25.2 Å². The summed E-state index contributed by atoms with van der Waals surface area (Å²) in [5.41, 5.74) is -0.375. The lowest BCUT2D eigenvalue weighted by atomic mass is 10.4. The van der Waals surface area contributed by atoms with Crippen LogP contribution in [0.15, 0.2) is 22.9 Å². The summed E-state index contributed by atoms with van der Waals surface area (Å²) < 4.78 is 43.2. The third kappa shape index (κ3) is 3.34. The van der Waals surface area contributed by atoms with E-state index in [0.717, 1.165) is 16.9 Å². The van der Waals surface area contributed by atoms with Crippen molar-refractivity contribution in [2.24, 2.45) is 0 Å². The van der Waals surface area contributed by atoms with Crippen LogP contribution in [0.5, 0.6) is 0 Å². The molecule has 0 aliphatic heterocycles. The Balaban J connectivity index is 2.12. The van der Waals surface area contributed by atoms with Crippen molar-refractivity contribution in [3.63, 3.8) is 0 Å². The molecule has 0 atom stereocenters. The normalized spacial score (nSPS) is 12.3. The van der Waals surface area contributed by atoms with E-state index in [9.17, 15) is 13.2 Å². The highest BCUT2D eigenvalue weighted by molar-refractivity contribution is 5.13. The SMILES string of the molecule is CC(C)NCc1coc(-n2ccc(C(F)(F)F)n2)n1. The molecule has 0 amide bonds. The van der Waals surface area contributed by atoms with E-state index in [0.29, 0.717) is 12.2 Å². The molecule has 0 radical (unpaired) electrons. The number of oxazole rings is 1. The first-order chi connectivity index (χ1) is 8.86. The number of rotatable bonds is 4. The molecule has 2 rings (SSSR count). The van der Waals surface area contributed by atoms with Gasteiger partial charge in [-0.2, -0.15) is 27.9 Å². The second-order valence-electron chi connectivity index (χ2n) is 4.30. The van der Waals surface area contributed by atoms with E-state index < -0.39 is 11.9 Å². The number of alkyl halides is 3. The van der Waals surface area contributed by atoms with Gasteiger partial charge in [-0.25, -0.2) is 0 Å². The molecule has 0 fully saturated rings. The third-order valence-electron chi connectivity index (χ3n) is 2.31. The number of nitrogens with one attached hydrogen (secondary N) is 1. The molecule has 0 saturated carbocycles. The van der Waals surface area contributed by atoms with E-state index in [2.05, 4.69) is 15.4 Å². The van der Waals surface area contributed by atoms with Crippen LogP contribution in [-0.4, -0.2) is 20.8 Å². The number of nitrogens with zero attached hydrogens (tertiary/aromatic N) is 3. The topological polar surface area (TPSA) is 55.9 Å². The smallest absolute Gasteiger partial charge is 0.430 e. The highest BCUT2D eigenvalue weighted by Crippen LogP contribution is 2.27. The van der Waals surface area contributed by atoms with Crippen LogP contribution in [0.4, 0.5) is 13.2 Å². The Morgan fingerprint density at radius 2 is 2.16 bits per heavy atom. The molecule has 104 valence electrons. The van der Waals surface area contributed by atoms with Gasteiger partial charge in [-0.15, -0.1) is 0 Å². The van der Waals surface area contributed by atoms with Crippen molar-refractivity contribution < 1.29 is 17.6 Å². The Hall–Kier alpha value is -1.83. The van der Waals surface area contributed by atoms with Gasteiger partial charge in [-0.1, -0.05) is 13.8 Å². The third-order valence-corrected chi connectivity index (χ3v) is 2.31. The number of hydrogen-bond donors (Lipinski definition) is 1. The Kier molecular flexibility index (Phi) is 3.61. The van der Waals surface area contributed by atoms with Gasteiger partial charge in [0, 0.05) is 18.8 Å². The Bertz CT molecular complexity index is 544. The summed E-state index contributed by atoms with van der Waals surface area (Å²) >= 11 is 0. The quantitative estimate of drug-likeness (QED) is 0.930. The monoisotopic (exact) mass is 274 g/mol. The molecule has 8 heteroatoms. The van der Waals surface area contributed by atoms with Gasteiger partial charge < -0.3 is 9.73 Å². The zero-order valence-corrected chi connectivity index (χ0v) is 10.4. The molecule has 19 heavy (non-hydrogen) atoms. The summed E-state index contributed by atoms with van der Waals surface area (Å²) in [4.78, 5) is 4.05. The minimum atomic E-state index is -4.47. The van der Waals surface area contributed by atoms with Gasteiger partial charge in [0.15, 0.2) is 5.69 Å². The molecule has 0 saturated heterocycles. The molecule has 5 nitrogen and oxygen atoms in total. The molecular weight excluding hydrogens is 261 g/mol. The van der Waals surface area contributed by atoms with Crippen molar-refractivity contribution in [2.45, 2.75) is 32.6 Å². The predicted molar refractivity (Wildman–Crippen MR) is 60.6 cm³/mol. The lowest BCUT2D eigenvalue weighted by Crippen LogP contribution is -2.21. The standard InChI is InChI=1S/C11H13F3N4O/c1-7(2)15-5-8-6-19-10(16-8)18-4-3-9(17-18)11(12,13)14/h3-4,6-7,15H,5H2,1-2H3. The fourth-order valence-corrected chi connectivity index (χ4v) is 1.37. The first kappa shape index (κ1) is 13.6. The van der Waals surface area contributed by atoms with Crippen molar-refractivity contribution in [3.05, 3.63) is 29.9 Å². The van der Waals surface area contributed by atoms with Gasteiger partial charge in [-0.3, -0.25) is 0 Å². The molecular formula is C11H13F3N4O. The Morgan fingerprint density at radius 3 is 2.74 bits per heavy atom. The molecule has 1 N–H and O–H groups in total. The number of hydrogen-bond acceptors (Lipinski definition) is 4. The molecule has 0 aliphatic rings. The summed E-state index contributed by atoms with van der Waals surface area (Å²) in [6.07, 6.45) is -1.92. The molecule has 0 aromatic carbocycles. The van der Waals surface area contributed by atoms with E-state index in [1.165, 1.54) is 6.26 Å². The first-order valence-corrected chi connectivity index (χ1v) is 5.67. The van der Waals surface area contributed by atoms with E-state index in [1.54, 1.807) is 0 Å². The maximum absolute atomic E-state index is 12.4. The maximum Gasteiger partial charge on any atom is 0.435 e. The zero-order valence-electron chi connectivity index (χ0n) is 10.4. The van der Waals surface area contributed by atoms with Crippen LogP contribution >= 0.6 is 0 Å². The summed E-state index contributed by atoms with van der Waals surface area (Å²) in [5.74, 6) is 0. The molecule has 2 aromatic heterocycles. The molecule has 0 aliphatic carbocycles. The van der Waals surface area contributed by atoms with Crippen molar-refractivity contribution in [3.8, 4) is 6.01 Å². The fraction of sp³-hybridized carbons (Fsp3) is 0.455. The van der Waals surface area contributed by atoms with Gasteiger partial charge in [-0.05, 0) is 6.07 Å². The van der Waals surface area contributed by atoms with Crippen LogP contribution in [0.3, 0.4) is 0 Å². The zero-order chi connectivity index (χ0) is 14.0. The first-order valence-electron chi connectivity index (χ1n) is 5.67. The van der Waals surface area contributed by atoms with Crippen LogP contribution in [0, 0.1) is 0 Å². The molecule has 2 heterocycles. The van der Waals surface area contributed by atoms with E-state index in [4.69, 9.17) is 4.42 Å². The predicted octanol–water partition coefficient (Wildman–Crippen LogP) is 2.38. The Morgan fingerprint density at radius 1 is 1.42 bits per heavy atom. The summed E-state index contributed by atoms with van der Waals surface area (Å²) in [6, 6.07) is 1.16. The van der Waals surface area contributed by atoms with Gasteiger partial charge in [0.25, 0.3) is 0 Å². The fourth-order valence-electron chi connectivity index (χ4n) is 1.37. The van der Waals surface area contributed by atoms with Crippen LogP contribution < -0.4 is 5.32 Å². The summed E-state index contributed by atoms with van der Waals surface area (Å²) in [6.45, 7) is 4.43. The average molecular weight is 274 g/mol. The van der Waals surface area contributed by atoms with Crippen molar-refractivity contribution >= 4 is 0 Å². The lowest BCUT2D eigenvalue weighted by Gasteiger charge is -2.03. The summed E-state index contributed by atoms with van der Waals surface area (Å²) in [7, 11) is 0. The highest BCUT2D eigenvalue weighted by Gasteiger charge is 2.34. The maximum atomic E-state index is 12.4. The van der Waals surface area contributed by atoms with E-state index in [1.807, 2.05) is 13.8 Å². The van der Waals surface area contributed by atoms with Crippen LogP contribution in [0.25, 0.3) is 6.01 Å². The second kappa shape index (κ2) is 5.04. The van der Waals surface area contributed by atoms with Crippen LogP contribution in [0.2, 0.25) is 0 Å². The molecule has 0 spiro atoms. The Labute approximate surface area is 107 Å². The van der Waals surface area contributed by atoms with Crippen molar-refractivity contribution in [2.75, 3.05) is 0 Å². The van der Waals surface area contributed by atoms with E-state index in [-0.39, 0.29) is 12.1 Å². The molecule has 2 aromatic rings. The largest absolute Gasteiger partial charge is 0.435 e. The minimum absolute atomic E-state index is 0.0102. The lowest BCUT2D eigenvalue weighted by molar-refractivity contribution is -0.141. The second-order valence-corrected chi connectivity index (χ2v) is 4.30. The number of aromatic nitrogens is 3. The summed E-state index contributed by atoms with van der Waals surface area (Å²) in [5, 5.41) is 6.50. The van der Waals surface area contributed by atoms with Crippen molar-refractivity contribution in [1.29, 1.82) is 0 Å². The van der Waals surface area contributed by atoms with Gasteiger partial charge in [0.05, 0.1) is 5.69 Å². The van der Waals surface area contributed by atoms with Crippen molar-refractivity contribution in [1.82, 2.24) is 20.1 Å². The average Bonchev–Trinajstić information content (AvgIpc) is 2.94. The van der Waals surface area contributed by atoms with Crippen LogP contribution in [-0.2, 0) is 12.7 Å².